The van der Waals surface area contributed by atoms with Crippen LogP contribution in [-0.4, -0.2) is 91.6 Å². The fourth-order valence-electron chi connectivity index (χ4n) is 6.44. The standard InChI is InChI=1S/C27H38N6O5S/c1-17-24(28)27(15-38-17)4-7-32(8-5-27)25-20(12-34)31-22(10-30-25)39-21-3-6-29-26-23(21)37-14-19-9-18(11-33(19)26)13-36-16-35-2/h3,6,10,17-19,24,34H,4-5,7-9,11-16,28H2,1-2H3/t17-,18+,19+,24+/m0/s1. The molecule has 0 amide bonds. The predicted molar refractivity (Wildman–Crippen MR) is 146 cm³/mol. The molecule has 0 aromatic carbocycles. The number of aliphatic hydroxyl groups excluding tert-OH is 1. The number of anilines is 2. The summed E-state index contributed by atoms with van der Waals surface area (Å²) in [6.07, 6.45) is 6.59. The summed E-state index contributed by atoms with van der Waals surface area (Å²) in [5.41, 5.74) is 7.10. The van der Waals surface area contributed by atoms with Crippen molar-refractivity contribution in [2.24, 2.45) is 17.1 Å². The van der Waals surface area contributed by atoms with E-state index in [-0.39, 0.29) is 24.2 Å². The normalized spacial score (nSPS) is 27.5. The van der Waals surface area contributed by atoms with E-state index in [1.165, 1.54) is 11.8 Å². The van der Waals surface area contributed by atoms with Crippen molar-refractivity contribution in [2.75, 3.05) is 63.2 Å². The van der Waals surface area contributed by atoms with Crippen LogP contribution in [0.4, 0.5) is 11.6 Å². The van der Waals surface area contributed by atoms with Crippen molar-refractivity contribution in [2.45, 2.75) is 60.9 Å². The van der Waals surface area contributed by atoms with Crippen molar-refractivity contribution >= 4 is 23.4 Å². The van der Waals surface area contributed by atoms with Gasteiger partial charge in [-0.05, 0) is 32.3 Å². The van der Waals surface area contributed by atoms with Crippen LogP contribution in [0.3, 0.4) is 0 Å². The van der Waals surface area contributed by atoms with E-state index >= 15 is 0 Å². The molecule has 0 unspecified atom stereocenters. The predicted octanol–water partition coefficient (Wildman–Crippen LogP) is 2.06. The summed E-state index contributed by atoms with van der Waals surface area (Å²) in [4.78, 5) is 19.7. The summed E-state index contributed by atoms with van der Waals surface area (Å²) in [6, 6.07) is 2.30. The van der Waals surface area contributed by atoms with Crippen LogP contribution in [0.15, 0.2) is 28.4 Å². The van der Waals surface area contributed by atoms with Crippen molar-refractivity contribution in [1.82, 2.24) is 15.0 Å². The topological polar surface area (TPSA) is 128 Å². The fourth-order valence-corrected chi connectivity index (χ4v) is 7.30. The van der Waals surface area contributed by atoms with Gasteiger partial charge >= 0.3 is 0 Å². The highest BCUT2D eigenvalue weighted by molar-refractivity contribution is 7.99. The minimum atomic E-state index is -0.176. The molecule has 2 aromatic heterocycles. The Bertz CT molecular complexity index is 1170. The Morgan fingerprint density at radius 2 is 2.10 bits per heavy atom. The molecule has 4 aliphatic rings. The Morgan fingerprint density at radius 1 is 1.26 bits per heavy atom. The zero-order valence-corrected chi connectivity index (χ0v) is 23.4. The van der Waals surface area contributed by atoms with E-state index in [1.807, 2.05) is 12.3 Å². The number of piperidine rings is 1. The summed E-state index contributed by atoms with van der Waals surface area (Å²) in [5, 5.41) is 10.9. The largest absolute Gasteiger partial charge is 0.486 e. The molecule has 0 radical (unpaired) electrons. The smallest absolute Gasteiger partial charge is 0.175 e. The highest BCUT2D eigenvalue weighted by Gasteiger charge is 2.48. The van der Waals surface area contributed by atoms with Crippen molar-refractivity contribution in [3.63, 3.8) is 0 Å². The molecule has 0 bridgehead atoms. The average molecular weight is 559 g/mol. The molecule has 3 fully saturated rings. The lowest BCUT2D eigenvalue weighted by molar-refractivity contribution is -0.0414. The Hall–Kier alpha value is -2.22. The molecule has 0 aliphatic carbocycles. The van der Waals surface area contributed by atoms with Gasteiger partial charge in [0.2, 0.25) is 0 Å². The number of aliphatic hydroxyl groups is 1. The first-order valence-corrected chi connectivity index (χ1v) is 14.5. The van der Waals surface area contributed by atoms with Crippen LogP contribution in [0.2, 0.25) is 0 Å². The van der Waals surface area contributed by atoms with Gasteiger partial charge in [-0.25, -0.2) is 15.0 Å². The number of pyridine rings is 1. The van der Waals surface area contributed by atoms with E-state index in [4.69, 9.17) is 34.6 Å². The molecule has 1 spiro atoms. The third kappa shape index (κ3) is 5.18. The maximum Gasteiger partial charge on any atom is 0.175 e. The van der Waals surface area contributed by atoms with Gasteiger partial charge in [-0.3, -0.25) is 0 Å². The molecule has 3 saturated heterocycles. The fraction of sp³-hybridized carbons (Fsp3) is 0.667. The number of methoxy groups -OCH3 is 1. The van der Waals surface area contributed by atoms with Gasteiger partial charge < -0.3 is 39.6 Å². The number of hydrogen-bond donors (Lipinski definition) is 2. The van der Waals surface area contributed by atoms with Gasteiger partial charge in [0.05, 0.1) is 43.1 Å². The maximum absolute atomic E-state index is 10.2. The SMILES string of the molecule is COCOC[C@@H]1C[C@@H]2COc3c(Sc4cnc(N5CCC6(CC5)CO[C@@H](C)[C@H]6N)c(CO)n4)ccnc3N2C1. The summed E-state index contributed by atoms with van der Waals surface area (Å²) in [6.45, 7) is 6.70. The van der Waals surface area contributed by atoms with Crippen LogP contribution >= 0.6 is 11.8 Å². The molecule has 6 rings (SSSR count). The van der Waals surface area contributed by atoms with Crippen molar-refractivity contribution in [1.29, 1.82) is 0 Å². The zero-order chi connectivity index (χ0) is 27.0. The van der Waals surface area contributed by atoms with E-state index in [9.17, 15) is 5.11 Å². The Labute approximate surface area is 233 Å². The molecule has 212 valence electrons. The number of ether oxygens (including phenoxy) is 4. The van der Waals surface area contributed by atoms with Gasteiger partial charge in [0.15, 0.2) is 17.4 Å². The quantitative estimate of drug-likeness (QED) is 0.363. The molecular weight excluding hydrogens is 520 g/mol. The van der Waals surface area contributed by atoms with Crippen LogP contribution in [-0.2, 0) is 20.8 Å². The molecule has 6 heterocycles. The van der Waals surface area contributed by atoms with Crippen LogP contribution in [0.1, 0.15) is 31.9 Å². The molecule has 39 heavy (non-hydrogen) atoms. The highest BCUT2D eigenvalue weighted by atomic mass is 32.2. The Balaban J connectivity index is 1.15. The minimum absolute atomic E-state index is 0.0320. The molecule has 4 aliphatic heterocycles. The van der Waals surface area contributed by atoms with Crippen molar-refractivity contribution < 1.29 is 24.1 Å². The first-order valence-electron chi connectivity index (χ1n) is 13.7. The minimum Gasteiger partial charge on any atom is -0.486 e. The van der Waals surface area contributed by atoms with Gasteiger partial charge in [-0.15, -0.1) is 0 Å². The van der Waals surface area contributed by atoms with Gasteiger partial charge in [0.25, 0.3) is 0 Å². The summed E-state index contributed by atoms with van der Waals surface area (Å²) >= 11 is 1.49. The van der Waals surface area contributed by atoms with Gasteiger partial charge in [0.1, 0.15) is 24.1 Å². The molecule has 2 aromatic rings. The Kier molecular flexibility index (Phi) is 7.84. The number of aromatic nitrogens is 3. The summed E-state index contributed by atoms with van der Waals surface area (Å²) in [7, 11) is 1.64. The number of nitrogens with zero attached hydrogens (tertiary/aromatic N) is 5. The van der Waals surface area contributed by atoms with Crippen LogP contribution in [0.5, 0.6) is 5.75 Å². The number of hydrogen-bond acceptors (Lipinski definition) is 12. The molecule has 4 atom stereocenters. The first-order chi connectivity index (χ1) is 19.0. The van der Waals surface area contributed by atoms with Crippen LogP contribution in [0.25, 0.3) is 0 Å². The second-order valence-electron chi connectivity index (χ2n) is 11.1. The van der Waals surface area contributed by atoms with Gasteiger partial charge in [-0.2, -0.15) is 0 Å². The highest BCUT2D eigenvalue weighted by Crippen LogP contribution is 2.45. The molecule has 3 N–H and O–H groups in total. The average Bonchev–Trinajstić information content (AvgIpc) is 3.50. The number of rotatable bonds is 8. The van der Waals surface area contributed by atoms with Gasteiger partial charge in [-0.1, -0.05) is 11.8 Å². The first kappa shape index (κ1) is 27.0. The van der Waals surface area contributed by atoms with E-state index in [0.29, 0.717) is 42.7 Å². The van der Waals surface area contributed by atoms with E-state index < -0.39 is 0 Å². The molecule has 11 nitrogen and oxygen atoms in total. The maximum atomic E-state index is 10.2. The summed E-state index contributed by atoms with van der Waals surface area (Å²) in [5.74, 6) is 2.79. The number of nitrogens with two attached hydrogens (primary N) is 1. The van der Waals surface area contributed by atoms with Crippen molar-refractivity contribution in [3.8, 4) is 5.75 Å². The van der Waals surface area contributed by atoms with E-state index in [0.717, 1.165) is 67.8 Å². The zero-order valence-electron chi connectivity index (χ0n) is 22.6. The lowest BCUT2D eigenvalue weighted by Crippen LogP contribution is -2.51. The van der Waals surface area contributed by atoms with Crippen LogP contribution in [0, 0.1) is 11.3 Å². The molecular formula is C27H38N6O5S. The third-order valence-corrected chi connectivity index (χ3v) is 9.61. The lowest BCUT2D eigenvalue weighted by Gasteiger charge is -2.41. The monoisotopic (exact) mass is 558 g/mol. The summed E-state index contributed by atoms with van der Waals surface area (Å²) < 4.78 is 22.7. The number of fused-ring (bicyclic) bond motifs is 3. The Morgan fingerprint density at radius 3 is 2.85 bits per heavy atom. The molecule has 0 saturated carbocycles. The van der Waals surface area contributed by atoms with E-state index in [1.54, 1.807) is 13.3 Å². The third-order valence-electron chi connectivity index (χ3n) is 8.67. The van der Waals surface area contributed by atoms with Crippen LogP contribution < -0.4 is 20.3 Å². The lowest BCUT2D eigenvalue weighted by atomic mass is 9.73. The second-order valence-corrected chi connectivity index (χ2v) is 12.2. The molecule has 12 heteroatoms. The van der Waals surface area contributed by atoms with Crippen molar-refractivity contribution in [3.05, 3.63) is 24.2 Å². The van der Waals surface area contributed by atoms with E-state index in [2.05, 4.69) is 21.7 Å². The van der Waals surface area contributed by atoms with Gasteiger partial charge in [0, 0.05) is 50.3 Å². The second kappa shape index (κ2) is 11.3.